The van der Waals surface area contributed by atoms with Crippen molar-refractivity contribution in [1.29, 1.82) is 0 Å². The second-order valence-electron chi connectivity index (χ2n) is 5.47. The van der Waals surface area contributed by atoms with Gasteiger partial charge in [-0.1, -0.05) is 18.1 Å². The summed E-state index contributed by atoms with van der Waals surface area (Å²) in [5, 5.41) is 13.1. The van der Waals surface area contributed by atoms with E-state index in [1.807, 2.05) is 0 Å². The lowest BCUT2D eigenvalue weighted by molar-refractivity contribution is 0.0624. The van der Waals surface area contributed by atoms with Crippen molar-refractivity contribution in [2.75, 3.05) is 20.3 Å². The first-order chi connectivity index (χ1) is 8.04. The molecular weight excluding hydrogens is 214 g/mol. The van der Waals surface area contributed by atoms with Crippen molar-refractivity contribution >= 4 is 0 Å². The maximum atomic E-state index is 9.67. The van der Waals surface area contributed by atoms with Crippen LogP contribution in [0.2, 0.25) is 0 Å². The Morgan fingerprint density at radius 1 is 1.53 bits per heavy atom. The lowest BCUT2D eigenvalue weighted by Gasteiger charge is -2.32. The molecule has 2 N–H and O–H groups in total. The SMILES string of the molecule is COC[C@@H](O)CN[C@@H]1C[C@H](C)CCC1=C(C)C. The van der Waals surface area contributed by atoms with Gasteiger partial charge in [0.2, 0.25) is 0 Å². The Hall–Kier alpha value is -0.380. The fourth-order valence-corrected chi connectivity index (χ4v) is 2.57. The first kappa shape index (κ1) is 14.7. The van der Waals surface area contributed by atoms with Gasteiger partial charge in [-0.2, -0.15) is 0 Å². The Kier molecular flexibility index (Phi) is 6.17. The minimum atomic E-state index is -0.407. The Balaban J connectivity index is 2.50. The van der Waals surface area contributed by atoms with Crippen LogP contribution in [0.15, 0.2) is 11.1 Å². The lowest BCUT2D eigenvalue weighted by atomic mass is 9.81. The summed E-state index contributed by atoms with van der Waals surface area (Å²) in [5.74, 6) is 0.773. The summed E-state index contributed by atoms with van der Waals surface area (Å²) in [5.41, 5.74) is 2.96. The number of allylic oxidation sites excluding steroid dienone is 1. The molecule has 3 nitrogen and oxygen atoms in total. The maximum absolute atomic E-state index is 9.67. The van der Waals surface area contributed by atoms with E-state index in [9.17, 15) is 5.11 Å². The predicted octanol–water partition coefficient (Wildman–Crippen LogP) is 2.11. The predicted molar refractivity (Wildman–Crippen MR) is 71.1 cm³/mol. The third-order valence-corrected chi connectivity index (χ3v) is 3.57. The first-order valence-corrected chi connectivity index (χ1v) is 6.61. The van der Waals surface area contributed by atoms with Crippen LogP contribution in [-0.4, -0.2) is 37.5 Å². The number of hydrogen-bond donors (Lipinski definition) is 2. The molecule has 17 heavy (non-hydrogen) atoms. The molecule has 0 unspecified atom stereocenters. The molecule has 1 fully saturated rings. The van der Waals surface area contributed by atoms with Gasteiger partial charge in [0, 0.05) is 19.7 Å². The molecular formula is C14H27NO2. The first-order valence-electron chi connectivity index (χ1n) is 6.61. The third kappa shape index (κ3) is 4.78. The van der Waals surface area contributed by atoms with E-state index >= 15 is 0 Å². The molecule has 1 aliphatic carbocycles. The van der Waals surface area contributed by atoms with Gasteiger partial charge < -0.3 is 15.2 Å². The van der Waals surface area contributed by atoms with Gasteiger partial charge in [0.25, 0.3) is 0 Å². The van der Waals surface area contributed by atoms with E-state index in [-0.39, 0.29) is 0 Å². The number of aliphatic hydroxyl groups is 1. The summed E-state index contributed by atoms with van der Waals surface area (Å²) in [4.78, 5) is 0. The number of nitrogens with one attached hydrogen (secondary N) is 1. The van der Waals surface area contributed by atoms with Gasteiger partial charge >= 0.3 is 0 Å². The van der Waals surface area contributed by atoms with Crippen molar-refractivity contribution in [3.8, 4) is 0 Å². The summed E-state index contributed by atoms with van der Waals surface area (Å²) in [7, 11) is 1.62. The van der Waals surface area contributed by atoms with Gasteiger partial charge in [-0.05, 0) is 39.0 Å². The molecule has 1 saturated carbocycles. The average Bonchev–Trinajstić information content (AvgIpc) is 2.26. The van der Waals surface area contributed by atoms with Crippen molar-refractivity contribution in [3.63, 3.8) is 0 Å². The van der Waals surface area contributed by atoms with Crippen LogP contribution in [0.25, 0.3) is 0 Å². The van der Waals surface area contributed by atoms with Crippen LogP contribution in [0.3, 0.4) is 0 Å². The topological polar surface area (TPSA) is 41.5 Å². The fraction of sp³-hybridized carbons (Fsp3) is 0.857. The number of rotatable bonds is 5. The van der Waals surface area contributed by atoms with Crippen molar-refractivity contribution in [2.45, 2.75) is 52.2 Å². The van der Waals surface area contributed by atoms with Crippen LogP contribution in [-0.2, 0) is 4.74 Å². The van der Waals surface area contributed by atoms with Gasteiger partial charge in [0.05, 0.1) is 12.7 Å². The van der Waals surface area contributed by atoms with Crippen LogP contribution in [0.5, 0.6) is 0 Å². The smallest absolute Gasteiger partial charge is 0.0897 e. The Morgan fingerprint density at radius 2 is 2.24 bits per heavy atom. The molecule has 0 aliphatic heterocycles. The molecule has 0 aromatic heterocycles. The summed E-state index contributed by atoms with van der Waals surface area (Å²) >= 11 is 0. The van der Waals surface area contributed by atoms with Crippen LogP contribution in [0.1, 0.15) is 40.0 Å². The quantitative estimate of drug-likeness (QED) is 0.724. The van der Waals surface area contributed by atoms with Crippen LogP contribution in [0.4, 0.5) is 0 Å². The van der Waals surface area contributed by atoms with Crippen molar-refractivity contribution < 1.29 is 9.84 Å². The lowest BCUT2D eigenvalue weighted by Crippen LogP contribution is -2.41. The summed E-state index contributed by atoms with van der Waals surface area (Å²) < 4.78 is 4.94. The standard InChI is InChI=1S/C14H27NO2/c1-10(2)13-6-5-11(3)7-14(13)15-8-12(16)9-17-4/h11-12,14-16H,5-9H2,1-4H3/t11-,12+,14-/m1/s1. The van der Waals surface area contributed by atoms with E-state index in [4.69, 9.17) is 4.74 Å². The molecule has 0 amide bonds. The number of ether oxygens (including phenoxy) is 1. The zero-order valence-electron chi connectivity index (χ0n) is 11.6. The number of aliphatic hydroxyl groups excluding tert-OH is 1. The molecule has 0 saturated heterocycles. The molecule has 3 heteroatoms. The average molecular weight is 241 g/mol. The fourth-order valence-electron chi connectivity index (χ4n) is 2.57. The Bertz CT molecular complexity index is 259. The molecule has 0 aromatic carbocycles. The monoisotopic (exact) mass is 241 g/mol. The Labute approximate surface area is 105 Å². The van der Waals surface area contributed by atoms with E-state index in [1.54, 1.807) is 7.11 Å². The van der Waals surface area contributed by atoms with Crippen molar-refractivity contribution in [1.82, 2.24) is 5.32 Å². The van der Waals surface area contributed by atoms with E-state index in [0.717, 1.165) is 5.92 Å². The molecule has 1 aliphatic rings. The molecule has 0 heterocycles. The van der Waals surface area contributed by atoms with E-state index < -0.39 is 6.10 Å². The molecule has 1 rings (SSSR count). The van der Waals surface area contributed by atoms with E-state index in [1.165, 1.54) is 30.4 Å². The maximum Gasteiger partial charge on any atom is 0.0897 e. The number of hydrogen-bond acceptors (Lipinski definition) is 3. The normalized spacial score (nSPS) is 27.0. The van der Waals surface area contributed by atoms with Gasteiger partial charge in [-0.25, -0.2) is 0 Å². The van der Waals surface area contributed by atoms with Crippen molar-refractivity contribution in [3.05, 3.63) is 11.1 Å². The zero-order valence-corrected chi connectivity index (χ0v) is 11.6. The van der Waals surface area contributed by atoms with Crippen LogP contribution < -0.4 is 5.32 Å². The van der Waals surface area contributed by atoms with Gasteiger partial charge in [-0.3, -0.25) is 0 Å². The van der Waals surface area contributed by atoms with Gasteiger partial charge in [0.1, 0.15) is 0 Å². The van der Waals surface area contributed by atoms with Gasteiger partial charge in [0.15, 0.2) is 0 Å². The van der Waals surface area contributed by atoms with Crippen LogP contribution in [0, 0.1) is 5.92 Å². The second-order valence-corrected chi connectivity index (χ2v) is 5.47. The Morgan fingerprint density at radius 3 is 2.82 bits per heavy atom. The summed E-state index contributed by atoms with van der Waals surface area (Å²) in [6.07, 6.45) is 3.26. The molecule has 0 aromatic rings. The molecule has 0 bridgehead atoms. The highest BCUT2D eigenvalue weighted by Crippen LogP contribution is 2.30. The molecule has 0 radical (unpaired) electrons. The molecule has 0 spiro atoms. The van der Waals surface area contributed by atoms with E-state index in [0.29, 0.717) is 19.2 Å². The van der Waals surface area contributed by atoms with Crippen LogP contribution >= 0.6 is 0 Å². The second kappa shape index (κ2) is 7.14. The number of methoxy groups -OCH3 is 1. The zero-order chi connectivity index (χ0) is 12.8. The minimum Gasteiger partial charge on any atom is -0.389 e. The summed E-state index contributed by atoms with van der Waals surface area (Å²) in [6, 6.07) is 0.440. The third-order valence-electron chi connectivity index (χ3n) is 3.57. The minimum absolute atomic E-state index is 0.402. The van der Waals surface area contributed by atoms with Gasteiger partial charge in [-0.15, -0.1) is 0 Å². The highest BCUT2D eigenvalue weighted by molar-refractivity contribution is 5.19. The molecule has 100 valence electrons. The van der Waals surface area contributed by atoms with E-state index in [2.05, 4.69) is 26.1 Å². The summed E-state index contributed by atoms with van der Waals surface area (Å²) in [6.45, 7) is 7.70. The highest BCUT2D eigenvalue weighted by Gasteiger charge is 2.24. The molecule has 3 atom stereocenters. The highest BCUT2D eigenvalue weighted by atomic mass is 16.5. The van der Waals surface area contributed by atoms with Crippen molar-refractivity contribution in [2.24, 2.45) is 5.92 Å². The largest absolute Gasteiger partial charge is 0.389 e.